The maximum Gasteiger partial charge on any atom is 0.224 e. The quantitative estimate of drug-likeness (QED) is 0.790. The van der Waals surface area contributed by atoms with Gasteiger partial charge in [0.2, 0.25) is 11.7 Å². The number of carbonyl (C=O) groups is 1. The zero-order chi connectivity index (χ0) is 15.9. The zero-order valence-corrected chi connectivity index (χ0v) is 13.4. The topological polar surface area (TPSA) is 68.8 Å². The molecule has 0 spiro atoms. The predicted molar refractivity (Wildman–Crippen MR) is 83.8 cm³/mol. The van der Waals surface area contributed by atoms with E-state index in [1.165, 1.54) is 6.42 Å². The van der Waals surface area contributed by atoms with Crippen LogP contribution in [-0.4, -0.2) is 46.4 Å². The Morgan fingerprint density at radius 3 is 2.41 bits per heavy atom. The third kappa shape index (κ3) is 4.04. The molecule has 1 saturated heterocycles. The molecule has 122 valence electrons. The first-order chi connectivity index (χ1) is 10.7. The van der Waals surface area contributed by atoms with Gasteiger partial charge in [0.15, 0.2) is 11.5 Å². The van der Waals surface area contributed by atoms with Crippen LogP contribution in [-0.2, 0) is 11.2 Å². The van der Waals surface area contributed by atoms with Crippen LogP contribution in [0.5, 0.6) is 17.2 Å². The van der Waals surface area contributed by atoms with Crippen molar-refractivity contribution in [1.29, 1.82) is 0 Å². The summed E-state index contributed by atoms with van der Waals surface area (Å²) >= 11 is 0. The van der Waals surface area contributed by atoms with E-state index in [0.29, 0.717) is 29.8 Å². The molecule has 1 aliphatic heterocycles. The Morgan fingerprint density at radius 1 is 1.23 bits per heavy atom. The van der Waals surface area contributed by atoms with Gasteiger partial charge in [-0.05, 0) is 37.1 Å². The molecule has 1 heterocycles. The zero-order valence-electron chi connectivity index (χ0n) is 13.4. The van der Waals surface area contributed by atoms with Gasteiger partial charge in [0, 0.05) is 12.6 Å². The molecule has 0 aromatic heterocycles. The van der Waals surface area contributed by atoms with Gasteiger partial charge in [-0.15, -0.1) is 0 Å². The van der Waals surface area contributed by atoms with Gasteiger partial charge in [0.25, 0.3) is 0 Å². The fourth-order valence-corrected chi connectivity index (χ4v) is 2.65. The molecule has 0 aliphatic carbocycles. The summed E-state index contributed by atoms with van der Waals surface area (Å²) in [5.41, 5.74) is 0.825. The van der Waals surface area contributed by atoms with Crippen LogP contribution in [0.3, 0.4) is 0 Å². The number of methoxy groups -OCH3 is 3. The van der Waals surface area contributed by atoms with E-state index in [-0.39, 0.29) is 12.3 Å². The van der Waals surface area contributed by atoms with Crippen LogP contribution in [0.25, 0.3) is 0 Å². The first-order valence-corrected chi connectivity index (χ1v) is 7.47. The average Bonchev–Trinajstić information content (AvgIpc) is 3.05. The summed E-state index contributed by atoms with van der Waals surface area (Å²) in [5, 5.41) is 6.32. The smallest absolute Gasteiger partial charge is 0.224 e. The lowest BCUT2D eigenvalue weighted by molar-refractivity contribution is -0.120. The van der Waals surface area contributed by atoms with E-state index < -0.39 is 0 Å². The number of rotatable bonds is 7. The van der Waals surface area contributed by atoms with Gasteiger partial charge in [-0.1, -0.05) is 0 Å². The highest BCUT2D eigenvalue weighted by Gasteiger charge is 2.17. The Labute approximate surface area is 131 Å². The number of hydrogen-bond donors (Lipinski definition) is 2. The second-order valence-corrected chi connectivity index (χ2v) is 5.31. The lowest BCUT2D eigenvalue weighted by Gasteiger charge is -2.15. The van der Waals surface area contributed by atoms with E-state index in [9.17, 15) is 4.79 Å². The fourth-order valence-electron chi connectivity index (χ4n) is 2.65. The molecule has 2 rings (SSSR count). The Balaban J connectivity index is 2.00. The molecule has 1 aliphatic rings. The molecule has 1 unspecified atom stereocenters. The van der Waals surface area contributed by atoms with Crippen molar-refractivity contribution in [3.63, 3.8) is 0 Å². The van der Waals surface area contributed by atoms with Crippen molar-refractivity contribution in [2.45, 2.75) is 25.3 Å². The van der Waals surface area contributed by atoms with Crippen LogP contribution in [0.4, 0.5) is 0 Å². The number of benzene rings is 1. The van der Waals surface area contributed by atoms with Crippen molar-refractivity contribution < 1.29 is 19.0 Å². The number of nitrogens with one attached hydrogen (secondary N) is 2. The first-order valence-electron chi connectivity index (χ1n) is 7.47. The van der Waals surface area contributed by atoms with Crippen LogP contribution in [0.15, 0.2) is 12.1 Å². The second kappa shape index (κ2) is 7.89. The number of amides is 1. The summed E-state index contributed by atoms with van der Waals surface area (Å²) in [7, 11) is 4.68. The molecule has 22 heavy (non-hydrogen) atoms. The standard InChI is InChI=1S/C16H24N2O4/c1-20-13-7-11(8-14(21-2)16(13)22-3)9-15(19)18-10-12-5-4-6-17-12/h7-8,12,17H,4-6,9-10H2,1-3H3,(H,18,19). The van der Waals surface area contributed by atoms with Gasteiger partial charge in [-0.25, -0.2) is 0 Å². The fraction of sp³-hybridized carbons (Fsp3) is 0.562. The van der Waals surface area contributed by atoms with E-state index in [1.807, 2.05) is 0 Å². The van der Waals surface area contributed by atoms with Gasteiger partial charge >= 0.3 is 0 Å². The Hall–Kier alpha value is -1.95. The van der Waals surface area contributed by atoms with Gasteiger partial charge in [-0.3, -0.25) is 4.79 Å². The van der Waals surface area contributed by atoms with Crippen molar-refractivity contribution in [3.05, 3.63) is 17.7 Å². The summed E-state index contributed by atoms with van der Waals surface area (Å²) < 4.78 is 15.9. The SMILES string of the molecule is COc1cc(CC(=O)NCC2CCCN2)cc(OC)c1OC. The van der Waals surface area contributed by atoms with Crippen LogP contribution in [0.2, 0.25) is 0 Å². The van der Waals surface area contributed by atoms with E-state index >= 15 is 0 Å². The van der Waals surface area contributed by atoms with E-state index in [4.69, 9.17) is 14.2 Å². The van der Waals surface area contributed by atoms with Crippen molar-refractivity contribution in [2.75, 3.05) is 34.4 Å². The molecule has 0 radical (unpaired) electrons. The molecular formula is C16H24N2O4. The highest BCUT2D eigenvalue weighted by Crippen LogP contribution is 2.38. The molecule has 6 nitrogen and oxygen atoms in total. The Bertz CT molecular complexity index is 488. The Kier molecular flexibility index (Phi) is 5.89. The summed E-state index contributed by atoms with van der Waals surface area (Å²) in [5.74, 6) is 1.64. The van der Waals surface area contributed by atoms with Gasteiger partial charge < -0.3 is 24.8 Å². The minimum Gasteiger partial charge on any atom is -0.493 e. The maximum absolute atomic E-state index is 12.1. The van der Waals surface area contributed by atoms with Crippen LogP contribution in [0.1, 0.15) is 18.4 Å². The van der Waals surface area contributed by atoms with Gasteiger partial charge in [0.05, 0.1) is 27.8 Å². The summed E-state index contributed by atoms with van der Waals surface area (Å²) in [4.78, 5) is 12.1. The molecule has 1 aromatic rings. The normalized spacial score (nSPS) is 17.1. The lowest BCUT2D eigenvalue weighted by atomic mass is 10.1. The molecular weight excluding hydrogens is 284 g/mol. The maximum atomic E-state index is 12.1. The summed E-state index contributed by atoms with van der Waals surface area (Å²) in [6.45, 7) is 1.71. The Morgan fingerprint density at radius 2 is 1.91 bits per heavy atom. The van der Waals surface area contributed by atoms with E-state index in [1.54, 1.807) is 33.5 Å². The number of carbonyl (C=O) groups excluding carboxylic acids is 1. The van der Waals surface area contributed by atoms with Crippen molar-refractivity contribution in [3.8, 4) is 17.2 Å². The van der Waals surface area contributed by atoms with Crippen LogP contribution < -0.4 is 24.8 Å². The number of hydrogen-bond acceptors (Lipinski definition) is 5. The molecule has 1 fully saturated rings. The molecule has 1 amide bonds. The lowest BCUT2D eigenvalue weighted by Crippen LogP contribution is -2.37. The van der Waals surface area contributed by atoms with Crippen LogP contribution >= 0.6 is 0 Å². The largest absolute Gasteiger partial charge is 0.493 e. The summed E-state index contributed by atoms with van der Waals surface area (Å²) in [6.07, 6.45) is 2.57. The molecule has 0 saturated carbocycles. The predicted octanol–water partition coefficient (Wildman–Crippen LogP) is 1.12. The van der Waals surface area contributed by atoms with Crippen LogP contribution in [0, 0.1) is 0 Å². The summed E-state index contributed by atoms with van der Waals surface area (Å²) in [6, 6.07) is 3.99. The number of ether oxygens (including phenoxy) is 3. The molecule has 1 aromatic carbocycles. The molecule has 1 atom stereocenters. The van der Waals surface area contributed by atoms with Crippen molar-refractivity contribution in [1.82, 2.24) is 10.6 Å². The molecule has 2 N–H and O–H groups in total. The van der Waals surface area contributed by atoms with Gasteiger partial charge in [-0.2, -0.15) is 0 Å². The van der Waals surface area contributed by atoms with Gasteiger partial charge in [0.1, 0.15) is 0 Å². The average molecular weight is 308 g/mol. The van der Waals surface area contributed by atoms with E-state index in [2.05, 4.69) is 10.6 Å². The van der Waals surface area contributed by atoms with Crippen molar-refractivity contribution in [2.24, 2.45) is 0 Å². The minimum absolute atomic E-state index is 0.0111. The molecule has 6 heteroatoms. The van der Waals surface area contributed by atoms with Crippen molar-refractivity contribution >= 4 is 5.91 Å². The monoisotopic (exact) mass is 308 g/mol. The highest BCUT2D eigenvalue weighted by atomic mass is 16.5. The minimum atomic E-state index is -0.0111. The third-order valence-electron chi connectivity index (χ3n) is 3.80. The molecule has 0 bridgehead atoms. The van der Waals surface area contributed by atoms with E-state index in [0.717, 1.165) is 18.5 Å². The third-order valence-corrected chi connectivity index (χ3v) is 3.80. The first kappa shape index (κ1) is 16.4. The highest BCUT2D eigenvalue weighted by molar-refractivity contribution is 5.79. The second-order valence-electron chi connectivity index (χ2n) is 5.31.